The first-order chi connectivity index (χ1) is 50.8. The molecule has 0 spiro atoms. The first-order valence-electron chi connectivity index (χ1n) is 42.9. The molecule has 17 atom stereocenters. The molecule has 3 rings (SSSR count). The summed E-state index contributed by atoms with van der Waals surface area (Å²) in [5.41, 5.74) is 0. The van der Waals surface area contributed by atoms with E-state index in [2.05, 4.69) is 55.6 Å². The predicted octanol–water partition coefficient (Wildman–Crippen LogP) is 15.2. The summed E-state index contributed by atoms with van der Waals surface area (Å²) >= 11 is 0. The molecule has 0 aromatic heterocycles. The molecule has 3 aliphatic rings. The summed E-state index contributed by atoms with van der Waals surface area (Å²) in [7, 11) is 0. The SMILES string of the molecule is CCCCCCC/C=C\C/C=C\CCCCCCCCCCCCCCCCCCCCCCCCCCCCCCCC(=O)NC(COC1OC(CO)C(OC2OC(CO)C(OC3OC(CO)C(O)C(O)C3O)C(O)C2O)C(O)C1O)C(O)/C=C/CC/C=C/CCCCCCCCCCCCCC. The maximum absolute atomic E-state index is 13.5. The average molecular weight is 1480 g/mol. The summed E-state index contributed by atoms with van der Waals surface area (Å²) in [6.45, 7) is 1.75. The van der Waals surface area contributed by atoms with Crippen LogP contribution in [0.4, 0.5) is 0 Å². The molecule has 610 valence electrons. The highest BCUT2D eigenvalue weighted by molar-refractivity contribution is 5.76. The van der Waals surface area contributed by atoms with Crippen LogP contribution in [0.15, 0.2) is 48.6 Å². The van der Waals surface area contributed by atoms with Gasteiger partial charge in [0.15, 0.2) is 18.9 Å². The number of amides is 1. The first-order valence-corrected chi connectivity index (χ1v) is 42.9. The Kier molecular flexibility index (Phi) is 60.4. The van der Waals surface area contributed by atoms with Crippen molar-refractivity contribution in [3.8, 4) is 0 Å². The monoisotopic (exact) mass is 1480 g/mol. The van der Waals surface area contributed by atoms with E-state index in [1.165, 1.54) is 276 Å². The highest BCUT2D eigenvalue weighted by atomic mass is 16.8. The fourth-order valence-electron chi connectivity index (χ4n) is 14.5. The van der Waals surface area contributed by atoms with Gasteiger partial charge in [0.1, 0.15) is 73.2 Å². The minimum atomic E-state index is -1.98. The molecule has 0 bridgehead atoms. The molecule has 0 saturated carbocycles. The Labute approximate surface area is 631 Å². The van der Waals surface area contributed by atoms with Gasteiger partial charge in [0.05, 0.1) is 38.6 Å². The molecule has 17 unspecified atom stereocenters. The summed E-state index contributed by atoms with van der Waals surface area (Å²) in [5.74, 6) is -0.279. The van der Waals surface area contributed by atoms with Gasteiger partial charge in [0, 0.05) is 6.42 Å². The van der Waals surface area contributed by atoms with Crippen molar-refractivity contribution in [2.75, 3.05) is 26.4 Å². The largest absolute Gasteiger partial charge is 0.394 e. The van der Waals surface area contributed by atoms with E-state index in [0.29, 0.717) is 12.8 Å². The number of ether oxygens (including phenoxy) is 6. The van der Waals surface area contributed by atoms with Gasteiger partial charge in [0.25, 0.3) is 0 Å². The quantitative estimate of drug-likeness (QED) is 0.0199. The summed E-state index contributed by atoms with van der Waals surface area (Å²) in [6, 6.07) is -0.989. The fourth-order valence-corrected chi connectivity index (χ4v) is 14.5. The smallest absolute Gasteiger partial charge is 0.220 e. The lowest BCUT2D eigenvalue weighted by molar-refractivity contribution is -0.379. The highest BCUT2D eigenvalue weighted by Crippen LogP contribution is 2.33. The minimum absolute atomic E-state index is 0.239. The van der Waals surface area contributed by atoms with Crippen LogP contribution >= 0.6 is 0 Å². The number of allylic oxidation sites excluding steroid dienone is 7. The maximum Gasteiger partial charge on any atom is 0.220 e. The van der Waals surface area contributed by atoms with Crippen molar-refractivity contribution in [1.82, 2.24) is 5.32 Å². The van der Waals surface area contributed by atoms with E-state index in [0.717, 1.165) is 44.9 Å². The van der Waals surface area contributed by atoms with E-state index >= 15 is 0 Å². The van der Waals surface area contributed by atoms with Gasteiger partial charge in [-0.1, -0.05) is 332 Å². The molecular formula is C85H157NO18. The van der Waals surface area contributed by atoms with Gasteiger partial charge in [0.2, 0.25) is 5.91 Å². The van der Waals surface area contributed by atoms with E-state index in [-0.39, 0.29) is 18.9 Å². The molecule has 12 N–H and O–H groups in total. The number of aliphatic hydroxyl groups is 11. The van der Waals surface area contributed by atoms with Crippen molar-refractivity contribution >= 4 is 5.91 Å². The van der Waals surface area contributed by atoms with Gasteiger partial charge in [-0.25, -0.2) is 0 Å². The predicted molar refractivity (Wildman–Crippen MR) is 416 cm³/mol. The molecule has 0 radical (unpaired) electrons. The molecule has 19 heteroatoms. The lowest BCUT2D eigenvalue weighted by Gasteiger charge is -2.48. The number of carbonyl (C=O) groups is 1. The molecular weight excluding hydrogens is 1320 g/mol. The summed E-state index contributed by atoms with van der Waals surface area (Å²) in [6.07, 6.45) is 57.1. The van der Waals surface area contributed by atoms with Gasteiger partial charge in [-0.15, -0.1) is 0 Å². The maximum atomic E-state index is 13.5. The lowest BCUT2D eigenvalue weighted by atomic mass is 9.96. The van der Waals surface area contributed by atoms with Crippen LogP contribution in [0.3, 0.4) is 0 Å². The summed E-state index contributed by atoms with van der Waals surface area (Å²) in [4.78, 5) is 13.5. The number of aliphatic hydroxyl groups excluding tert-OH is 11. The van der Waals surface area contributed by atoms with Crippen LogP contribution < -0.4 is 5.32 Å². The van der Waals surface area contributed by atoms with Gasteiger partial charge < -0.3 is 89.9 Å². The molecule has 3 saturated heterocycles. The van der Waals surface area contributed by atoms with Gasteiger partial charge in [-0.2, -0.15) is 0 Å². The zero-order valence-electron chi connectivity index (χ0n) is 65.5. The van der Waals surface area contributed by atoms with Crippen molar-refractivity contribution < 1.29 is 89.4 Å². The number of nitrogens with one attached hydrogen (secondary N) is 1. The summed E-state index contributed by atoms with van der Waals surface area (Å²) in [5, 5.41) is 121. The van der Waals surface area contributed by atoms with E-state index in [1.807, 2.05) is 6.08 Å². The third kappa shape index (κ3) is 44.6. The highest BCUT2D eigenvalue weighted by Gasteiger charge is 2.54. The molecule has 0 aromatic carbocycles. The molecule has 3 aliphatic heterocycles. The molecule has 3 heterocycles. The van der Waals surface area contributed by atoms with Crippen LogP contribution in [0.25, 0.3) is 0 Å². The Balaban J connectivity index is 1.28. The zero-order chi connectivity index (χ0) is 75.3. The van der Waals surface area contributed by atoms with Crippen molar-refractivity contribution in [2.24, 2.45) is 0 Å². The number of hydrogen-bond acceptors (Lipinski definition) is 18. The molecule has 0 aromatic rings. The molecule has 0 aliphatic carbocycles. The van der Waals surface area contributed by atoms with E-state index in [1.54, 1.807) is 6.08 Å². The first kappa shape index (κ1) is 96.0. The number of unbranched alkanes of at least 4 members (excludes halogenated alkanes) is 47. The Morgan fingerprint density at radius 2 is 0.644 bits per heavy atom. The van der Waals surface area contributed by atoms with Gasteiger partial charge in [-0.3, -0.25) is 4.79 Å². The number of carbonyl (C=O) groups excluding carboxylic acids is 1. The van der Waals surface area contributed by atoms with E-state index in [4.69, 9.17) is 28.4 Å². The third-order valence-electron chi connectivity index (χ3n) is 21.3. The molecule has 3 fully saturated rings. The van der Waals surface area contributed by atoms with Crippen LogP contribution in [0.2, 0.25) is 0 Å². The molecule has 1 amide bonds. The van der Waals surface area contributed by atoms with Crippen LogP contribution in [0.5, 0.6) is 0 Å². The fraction of sp³-hybridized carbons (Fsp3) is 0.894. The Morgan fingerprint density at radius 3 is 1.02 bits per heavy atom. The average Bonchev–Trinajstić information content (AvgIpc) is 0.783. The Bertz CT molecular complexity index is 2060. The van der Waals surface area contributed by atoms with Gasteiger partial charge in [-0.05, 0) is 64.2 Å². The zero-order valence-corrected chi connectivity index (χ0v) is 65.5. The topological polar surface area (TPSA) is 307 Å². The summed E-state index contributed by atoms with van der Waals surface area (Å²) < 4.78 is 34.4. The Hall–Kier alpha value is -2.25. The van der Waals surface area contributed by atoms with E-state index < -0.39 is 124 Å². The van der Waals surface area contributed by atoms with Gasteiger partial charge >= 0.3 is 0 Å². The van der Waals surface area contributed by atoms with Crippen LogP contribution in [-0.2, 0) is 33.2 Å². The van der Waals surface area contributed by atoms with Crippen LogP contribution in [0.1, 0.15) is 354 Å². The van der Waals surface area contributed by atoms with Crippen molar-refractivity contribution in [1.29, 1.82) is 0 Å². The Morgan fingerprint density at radius 1 is 0.346 bits per heavy atom. The van der Waals surface area contributed by atoms with Crippen molar-refractivity contribution in [3.63, 3.8) is 0 Å². The normalized spacial score (nSPS) is 26.1. The minimum Gasteiger partial charge on any atom is -0.394 e. The number of hydrogen-bond donors (Lipinski definition) is 12. The molecule has 104 heavy (non-hydrogen) atoms. The van der Waals surface area contributed by atoms with E-state index in [9.17, 15) is 61.0 Å². The van der Waals surface area contributed by atoms with Crippen LogP contribution in [-0.4, -0.2) is 193 Å². The number of rotatable bonds is 69. The third-order valence-corrected chi connectivity index (χ3v) is 21.3. The second kappa shape index (κ2) is 65.5. The van der Waals surface area contributed by atoms with Crippen molar-refractivity contribution in [2.45, 2.75) is 458 Å². The second-order valence-electron chi connectivity index (χ2n) is 30.6. The lowest BCUT2D eigenvalue weighted by Crippen LogP contribution is -2.66. The molecule has 19 nitrogen and oxygen atoms in total. The van der Waals surface area contributed by atoms with Crippen LogP contribution in [0, 0.1) is 0 Å². The standard InChI is InChI=1S/C85H157NO18/c1-3-5-7-9-11-13-15-17-19-21-23-24-25-26-27-28-29-30-31-32-33-34-35-36-37-38-39-40-41-42-43-44-45-47-49-51-53-55-57-59-61-63-73(91)86-68(69(90)62-60-58-56-54-52-50-48-46-22-20-18-16-14-12-10-8-6-4-2)67-99-83-79(97)76(94)81(71(65-88)101-83)104-85-80(98)77(95)82(72(66-89)102-85)103-84-78(96)75(93)74(92)70(64-87)100-84/h15,17,21,23,52,54,60,62,68-72,74-85,87-90,92-98H,3-14,16,18-20,22,24-51,53,55-59,61,63-67H2,1-2H3,(H,86,91)/b17-15-,23-21-,54-52+,62-60+. The van der Waals surface area contributed by atoms with Crippen molar-refractivity contribution in [3.05, 3.63) is 48.6 Å². The second-order valence-corrected chi connectivity index (χ2v) is 30.6.